The van der Waals surface area contributed by atoms with Crippen LogP contribution in [-0.4, -0.2) is 55.9 Å². The molecule has 3 heterocycles. The zero-order valence-electron chi connectivity index (χ0n) is 17.6. The highest BCUT2D eigenvalue weighted by Crippen LogP contribution is 2.29. The van der Waals surface area contributed by atoms with Gasteiger partial charge in [-0.05, 0) is 37.1 Å². The molecule has 3 aromatic rings. The van der Waals surface area contributed by atoms with Gasteiger partial charge in [-0.1, -0.05) is 17.7 Å². The Balaban J connectivity index is 1.54. The van der Waals surface area contributed by atoms with Gasteiger partial charge >= 0.3 is 12.1 Å². The van der Waals surface area contributed by atoms with Gasteiger partial charge in [0.25, 0.3) is 0 Å². The van der Waals surface area contributed by atoms with Crippen molar-refractivity contribution in [2.45, 2.75) is 25.1 Å². The van der Waals surface area contributed by atoms with Gasteiger partial charge in [0, 0.05) is 49.3 Å². The van der Waals surface area contributed by atoms with E-state index in [2.05, 4.69) is 25.7 Å². The first-order valence-corrected chi connectivity index (χ1v) is 10.6. The highest BCUT2D eigenvalue weighted by molar-refractivity contribution is 6.30. The van der Waals surface area contributed by atoms with Crippen LogP contribution in [0.3, 0.4) is 0 Å². The quantitative estimate of drug-likeness (QED) is 0.569. The fourth-order valence-corrected chi connectivity index (χ4v) is 3.78. The standard InChI is InChI=1S/C21H21ClF3N7O/c1-31-8-7-17(30-31)16-12-26-20(28-15-4-2-3-13(22)11-15)29-18(16)27-14-5-9-32(10-6-14)19(33)21(23,24)25/h2-4,7-8,11-12,14H,5-6,9-10H2,1H3,(H2,26,27,28,29). The lowest BCUT2D eigenvalue weighted by Crippen LogP contribution is -2.47. The summed E-state index contributed by atoms with van der Waals surface area (Å²) in [7, 11) is 1.79. The van der Waals surface area contributed by atoms with Crippen LogP contribution in [0.4, 0.5) is 30.6 Å². The fourth-order valence-electron chi connectivity index (χ4n) is 3.59. The fraction of sp³-hybridized carbons (Fsp3) is 0.333. The maximum Gasteiger partial charge on any atom is 0.471 e. The van der Waals surface area contributed by atoms with E-state index < -0.39 is 12.1 Å². The second-order valence-corrected chi connectivity index (χ2v) is 8.11. The summed E-state index contributed by atoms with van der Waals surface area (Å²) >= 11 is 6.04. The molecule has 12 heteroatoms. The molecule has 4 rings (SSSR count). The van der Waals surface area contributed by atoms with Crippen molar-refractivity contribution in [1.82, 2.24) is 24.6 Å². The number of piperidine rings is 1. The molecule has 174 valence electrons. The van der Waals surface area contributed by atoms with E-state index in [1.54, 1.807) is 42.3 Å². The Bertz CT molecular complexity index is 1140. The number of hydrogen-bond donors (Lipinski definition) is 2. The number of carbonyl (C=O) groups excluding carboxylic acids is 1. The Morgan fingerprint density at radius 3 is 2.61 bits per heavy atom. The van der Waals surface area contributed by atoms with E-state index in [9.17, 15) is 18.0 Å². The second-order valence-electron chi connectivity index (χ2n) is 7.67. The van der Waals surface area contributed by atoms with Gasteiger partial charge in [-0.15, -0.1) is 0 Å². The van der Waals surface area contributed by atoms with Gasteiger partial charge in [0.15, 0.2) is 0 Å². The van der Waals surface area contributed by atoms with Gasteiger partial charge in [0.05, 0.1) is 11.3 Å². The van der Waals surface area contributed by atoms with Gasteiger partial charge in [0.2, 0.25) is 5.95 Å². The van der Waals surface area contributed by atoms with Crippen LogP contribution in [-0.2, 0) is 11.8 Å². The molecule has 0 aliphatic carbocycles. The van der Waals surface area contributed by atoms with E-state index in [-0.39, 0.29) is 19.1 Å². The third-order valence-electron chi connectivity index (χ3n) is 5.22. The average molecular weight is 480 g/mol. The molecule has 0 bridgehead atoms. The summed E-state index contributed by atoms with van der Waals surface area (Å²) in [6.45, 7) is 0.0151. The molecule has 1 aliphatic heterocycles. The van der Waals surface area contributed by atoms with Crippen molar-refractivity contribution in [3.8, 4) is 11.3 Å². The van der Waals surface area contributed by atoms with Crippen molar-refractivity contribution in [1.29, 1.82) is 0 Å². The lowest BCUT2D eigenvalue weighted by molar-refractivity contribution is -0.186. The summed E-state index contributed by atoms with van der Waals surface area (Å²) in [6.07, 6.45) is -0.736. The molecule has 0 spiro atoms. The highest BCUT2D eigenvalue weighted by atomic mass is 35.5. The van der Waals surface area contributed by atoms with Gasteiger partial charge < -0.3 is 15.5 Å². The molecule has 1 saturated heterocycles. The zero-order chi connectivity index (χ0) is 23.6. The maximum absolute atomic E-state index is 12.7. The molecular formula is C21H21ClF3N7O. The first kappa shape index (κ1) is 22.8. The predicted octanol–water partition coefficient (Wildman–Crippen LogP) is 4.24. The number of alkyl halides is 3. The summed E-state index contributed by atoms with van der Waals surface area (Å²) in [5.41, 5.74) is 2.01. The third-order valence-corrected chi connectivity index (χ3v) is 5.46. The Labute approximate surface area is 192 Å². The number of amides is 1. The topological polar surface area (TPSA) is 88.0 Å². The molecule has 1 aliphatic rings. The summed E-state index contributed by atoms with van der Waals surface area (Å²) in [5, 5.41) is 11.4. The van der Waals surface area contributed by atoms with Crippen LogP contribution in [0.25, 0.3) is 11.3 Å². The number of carbonyl (C=O) groups is 1. The minimum absolute atomic E-state index is 0.00757. The Morgan fingerprint density at radius 2 is 1.97 bits per heavy atom. The number of nitrogens with zero attached hydrogens (tertiary/aromatic N) is 5. The van der Waals surface area contributed by atoms with Crippen LogP contribution >= 0.6 is 11.6 Å². The number of nitrogens with one attached hydrogen (secondary N) is 2. The Morgan fingerprint density at radius 1 is 1.21 bits per heavy atom. The van der Waals surface area contributed by atoms with E-state index in [1.807, 2.05) is 12.1 Å². The largest absolute Gasteiger partial charge is 0.471 e. The number of halogens is 4. The SMILES string of the molecule is Cn1ccc(-c2cnc(Nc3cccc(Cl)c3)nc2NC2CCN(C(=O)C(F)(F)F)CC2)n1. The van der Waals surface area contributed by atoms with Crippen molar-refractivity contribution in [3.63, 3.8) is 0 Å². The molecular weight excluding hydrogens is 459 g/mol. The number of hydrogen-bond acceptors (Lipinski definition) is 6. The van der Waals surface area contributed by atoms with Crippen molar-refractivity contribution in [2.75, 3.05) is 23.7 Å². The number of anilines is 3. The van der Waals surface area contributed by atoms with Crippen LogP contribution in [0.15, 0.2) is 42.7 Å². The number of likely N-dealkylation sites (tertiary alicyclic amines) is 1. The van der Waals surface area contributed by atoms with E-state index >= 15 is 0 Å². The lowest BCUT2D eigenvalue weighted by atomic mass is 10.0. The third kappa shape index (κ3) is 5.54. The van der Waals surface area contributed by atoms with Crippen LogP contribution in [0.1, 0.15) is 12.8 Å². The molecule has 33 heavy (non-hydrogen) atoms. The molecule has 2 N–H and O–H groups in total. The minimum atomic E-state index is -4.86. The molecule has 1 fully saturated rings. The number of benzene rings is 1. The second kappa shape index (κ2) is 9.26. The number of aromatic nitrogens is 4. The van der Waals surface area contributed by atoms with Crippen LogP contribution in [0.5, 0.6) is 0 Å². The molecule has 0 radical (unpaired) electrons. The lowest BCUT2D eigenvalue weighted by Gasteiger charge is -2.33. The molecule has 0 saturated carbocycles. The zero-order valence-corrected chi connectivity index (χ0v) is 18.4. The van der Waals surface area contributed by atoms with Crippen molar-refractivity contribution >= 4 is 35.0 Å². The van der Waals surface area contributed by atoms with Gasteiger partial charge in [0.1, 0.15) is 5.82 Å². The Hall–Kier alpha value is -3.34. The van der Waals surface area contributed by atoms with Gasteiger partial charge in [-0.25, -0.2) is 4.98 Å². The minimum Gasteiger partial charge on any atom is -0.366 e. The van der Waals surface area contributed by atoms with Crippen molar-refractivity contribution in [2.24, 2.45) is 7.05 Å². The van der Waals surface area contributed by atoms with Crippen LogP contribution in [0, 0.1) is 0 Å². The molecule has 0 atom stereocenters. The summed E-state index contributed by atoms with van der Waals surface area (Å²) in [4.78, 5) is 21.3. The number of aryl methyl sites for hydroxylation is 1. The van der Waals surface area contributed by atoms with Gasteiger partial charge in [-0.2, -0.15) is 23.3 Å². The first-order valence-electron chi connectivity index (χ1n) is 10.2. The first-order chi connectivity index (χ1) is 15.7. The summed E-state index contributed by atoms with van der Waals surface area (Å²) < 4.78 is 39.8. The van der Waals surface area contributed by atoms with Crippen molar-refractivity contribution in [3.05, 3.63) is 47.7 Å². The maximum atomic E-state index is 12.7. The smallest absolute Gasteiger partial charge is 0.366 e. The van der Waals surface area contributed by atoms with Crippen LogP contribution in [0.2, 0.25) is 5.02 Å². The van der Waals surface area contributed by atoms with E-state index in [1.165, 1.54) is 0 Å². The monoisotopic (exact) mass is 479 g/mol. The number of rotatable bonds is 5. The molecule has 2 aromatic heterocycles. The molecule has 1 aromatic carbocycles. The van der Waals surface area contributed by atoms with Crippen molar-refractivity contribution < 1.29 is 18.0 Å². The highest BCUT2D eigenvalue weighted by Gasteiger charge is 2.43. The molecule has 1 amide bonds. The van der Waals surface area contributed by atoms with Crippen LogP contribution < -0.4 is 10.6 Å². The van der Waals surface area contributed by atoms with Gasteiger partial charge in [-0.3, -0.25) is 9.48 Å². The van der Waals surface area contributed by atoms with E-state index in [0.717, 1.165) is 4.90 Å². The van der Waals surface area contributed by atoms with E-state index in [4.69, 9.17) is 11.6 Å². The Kier molecular flexibility index (Phi) is 6.41. The normalized spacial score (nSPS) is 14.9. The van der Waals surface area contributed by atoms with E-state index in [0.29, 0.717) is 46.6 Å². The molecule has 0 unspecified atom stereocenters. The predicted molar refractivity (Wildman–Crippen MR) is 118 cm³/mol. The summed E-state index contributed by atoms with van der Waals surface area (Å²) in [5.74, 6) is -0.983. The molecule has 8 nitrogen and oxygen atoms in total. The average Bonchev–Trinajstić information content (AvgIpc) is 3.19. The summed E-state index contributed by atoms with van der Waals surface area (Å²) in [6, 6.07) is 8.75.